The minimum absolute atomic E-state index is 0. The number of hydrogen-bond donors (Lipinski definition) is 1. The molecule has 2 fully saturated rings. The Labute approximate surface area is 138 Å². The van der Waals surface area contributed by atoms with Crippen molar-refractivity contribution in [3.05, 3.63) is 29.3 Å². The van der Waals surface area contributed by atoms with Gasteiger partial charge in [-0.2, -0.15) is 0 Å². The smallest absolute Gasteiger partial charge is 0.242 e. The number of nitrogens with zero attached hydrogens (tertiary/aromatic N) is 1. The van der Waals surface area contributed by atoms with Crippen molar-refractivity contribution in [2.24, 2.45) is 5.73 Å². The molecule has 1 saturated heterocycles. The first kappa shape index (κ1) is 17.1. The van der Waals surface area contributed by atoms with E-state index in [2.05, 4.69) is 32.0 Å². The number of carbonyl (C=O) groups excluding carboxylic acids is 1. The summed E-state index contributed by atoms with van der Waals surface area (Å²) < 4.78 is 6.13. The number of rotatable bonds is 3. The standard InChI is InChI=1S/C17H24N2O2.ClH/c1-12-3-4-13(2)15(11-12)21-14-5-9-19(10-6-14)16(20)17(18)7-8-17;/h3-4,11,14H,5-10,18H2,1-2H3;1H. The van der Waals surface area contributed by atoms with Crippen LogP contribution in [-0.4, -0.2) is 35.5 Å². The van der Waals surface area contributed by atoms with Crippen LogP contribution >= 0.6 is 12.4 Å². The second-order valence-corrected chi connectivity index (χ2v) is 6.53. The highest BCUT2D eigenvalue weighted by Gasteiger charge is 2.48. The molecule has 0 spiro atoms. The van der Waals surface area contributed by atoms with Crippen LogP contribution in [0, 0.1) is 13.8 Å². The van der Waals surface area contributed by atoms with Crippen LogP contribution in [0.25, 0.3) is 0 Å². The predicted molar refractivity (Wildman–Crippen MR) is 89.5 cm³/mol. The Hall–Kier alpha value is -1.26. The van der Waals surface area contributed by atoms with Crippen LogP contribution in [0.2, 0.25) is 0 Å². The Bertz CT molecular complexity index is 550. The predicted octanol–water partition coefficient (Wildman–Crippen LogP) is 2.59. The highest BCUT2D eigenvalue weighted by Crippen LogP contribution is 2.35. The minimum Gasteiger partial charge on any atom is -0.490 e. The van der Waals surface area contributed by atoms with Gasteiger partial charge < -0.3 is 15.4 Å². The molecular formula is C17H25ClN2O2. The SMILES string of the molecule is Cc1ccc(C)c(OC2CCN(C(=O)C3(N)CC3)CC2)c1.Cl. The molecule has 0 radical (unpaired) electrons. The third-order valence-corrected chi connectivity index (χ3v) is 4.58. The molecule has 1 heterocycles. The number of likely N-dealkylation sites (tertiary alicyclic amines) is 1. The molecule has 3 rings (SSSR count). The number of nitrogens with two attached hydrogens (primary N) is 1. The number of piperidine rings is 1. The molecule has 122 valence electrons. The lowest BCUT2D eigenvalue weighted by molar-refractivity contribution is -0.135. The Morgan fingerprint density at radius 2 is 1.91 bits per heavy atom. The zero-order chi connectivity index (χ0) is 15.0. The molecule has 5 heteroatoms. The molecule has 2 aliphatic rings. The van der Waals surface area contributed by atoms with Crippen molar-refractivity contribution in [2.45, 2.75) is 51.2 Å². The average molecular weight is 325 g/mol. The summed E-state index contributed by atoms with van der Waals surface area (Å²) in [5.74, 6) is 1.10. The van der Waals surface area contributed by atoms with Gasteiger partial charge in [0, 0.05) is 25.9 Å². The van der Waals surface area contributed by atoms with Gasteiger partial charge in [0.2, 0.25) is 5.91 Å². The molecule has 0 unspecified atom stereocenters. The Morgan fingerprint density at radius 3 is 2.50 bits per heavy atom. The zero-order valence-electron chi connectivity index (χ0n) is 13.3. The molecule has 1 amide bonds. The second kappa shape index (κ2) is 6.47. The van der Waals surface area contributed by atoms with Crippen LogP contribution in [-0.2, 0) is 4.79 Å². The van der Waals surface area contributed by atoms with Crippen molar-refractivity contribution in [2.75, 3.05) is 13.1 Å². The van der Waals surface area contributed by atoms with Crippen molar-refractivity contribution < 1.29 is 9.53 Å². The first-order valence-corrected chi connectivity index (χ1v) is 7.80. The lowest BCUT2D eigenvalue weighted by atomic mass is 10.1. The van der Waals surface area contributed by atoms with Gasteiger partial charge in [-0.25, -0.2) is 0 Å². The van der Waals surface area contributed by atoms with Crippen LogP contribution in [0.3, 0.4) is 0 Å². The number of benzene rings is 1. The van der Waals surface area contributed by atoms with E-state index in [0.717, 1.165) is 50.1 Å². The summed E-state index contributed by atoms with van der Waals surface area (Å²) in [7, 11) is 0. The van der Waals surface area contributed by atoms with Crippen molar-refractivity contribution in [3.8, 4) is 5.75 Å². The summed E-state index contributed by atoms with van der Waals surface area (Å²) >= 11 is 0. The number of carbonyl (C=O) groups is 1. The van der Waals surface area contributed by atoms with Crippen molar-refractivity contribution in [1.29, 1.82) is 0 Å². The van der Waals surface area contributed by atoms with Gasteiger partial charge in [0.1, 0.15) is 11.9 Å². The molecule has 1 aromatic rings. The van der Waals surface area contributed by atoms with Crippen LogP contribution in [0.4, 0.5) is 0 Å². The average Bonchev–Trinajstić information content (AvgIpc) is 3.22. The van der Waals surface area contributed by atoms with Gasteiger partial charge in [-0.3, -0.25) is 4.79 Å². The monoisotopic (exact) mass is 324 g/mol. The van der Waals surface area contributed by atoms with Crippen molar-refractivity contribution in [1.82, 2.24) is 4.90 Å². The lowest BCUT2D eigenvalue weighted by Crippen LogP contribution is -2.50. The second-order valence-electron chi connectivity index (χ2n) is 6.53. The zero-order valence-corrected chi connectivity index (χ0v) is 14.1. The Kier molecular flexibility index (Phi) is 5.03. The Balaban J connectivity index is 0.00000176. The van der Waals surface area contributed by atoms with Crippen LogP contribution in [0.5, 0.6) is 5.75 Å². The summed E-state index contributed by atoms with van der Waals surface area (Å²) in [6.45, 7) is 5.66. The largest absolute Gasteiger partial charge is 0.490 e. The molecule has 2 N–H and O–H groups in total. The molecule has 22 heavy (non-hydrogen) atoms. The van der Waals surface area contributed by atoms with E-state index in [-0.39, 0.29) is 24.4 Å². The summed E-state index contributed by atoms with van der Waals surface area (Å²) in [6.07, 6.45) is 3.64. The lowest BCUT2D eigenvalue weighted by Gasteiger charge is -2.34. The van der Waals surface area contributed by atoms with Gasteiger partial charge in [-0.15, -0.1) is 12.4 Å². The number of hydrogen-bond acceptors (Lipinski definition) is 3. The van der Waals surface area contributed by atoms with Gasteiger partial charge in [-0.1, -0.05) is 12.1 Å². The molecular weight excluding hydrogens is 300 g/mol. The molecule has 0 aromatic heterocycles. The molecule has 1 aliphatic heterocycles. The van der Waals surface area contributed by atoms with Crippen LogP contribution in [0.15, 0.2) is 18.2 Å². The molecule has 1 saturated carbocycles. The maximum atomic E-state index is 12.2. The topological polar surface area (TPSA) is 55.6 Å². The molecule has 1 aliphatic carbocycles. The third kappa shape index (κ3) is 3.55. The highest BCUT2D eigenvalue weighted by atomic mass is 35.5. The van der Waals surface area contributed by atoms with Crippen LogP contribution < -0.4 is 10.5 Å². The number of ether oxygens (including phenoxy) is 1. The van der Waals surface area contributed by atoms with E-state index >= 15 is 0 Å². The van der Waals surface area contributed by atoms with Gasteiger partial charge in [0.25, 0.3) is 0 Å². The molecule has 0 atom stereocenters. The number of halogens is 1. The normalized spacial score (nSPS) is 20.2. The van der Waals surface area contributed by atoms with Gasteiger partial charge in [0.15, 0.2) is 0 Å². The van der Waals surface area contributed by atoms with E-state index in [9.17, 15) is 4.79 Å². The quantitative estimate of drug-likeness (QED) is 0.929. The number of amides is 1. The van der Waals surface area contributed by atoms with Gasteiger partial charge in [0.05, 0.1) is 5.54 Å². The summed E-state index contributed by atoms with van der Waals surface area (Å²) in [5.41, 5.74) is 7.83. The van der Waals surface area contributed by atoms with Crippen LogP contribution in [0.1, 0.15) is 36.8 Å². The summed E-state index contributed by atoms with van der Waals surface area (Å²) in [4.78, 5) is 14.1. The van der Waals surface area contributed by atoms with Gasteiger partial charge >= 0.3 is 0 Å². The van der Waals surface area contributed by atoms with E-state index < -0.39 is 5.54 Å². The van der Waals surface area contributed by atoms with Crippen molar-refractivity contribution >= 4 is 18.3 Å². The third-order valence-electron chi connectivity index (χ3n) is 4.58. The highest BCUT2D eigenvalue weighted by molar-refractivity contribution is 5.89. The van der Waals surface area contributed by atoms with E-state index in [1.54, 1.807) is 0 Å². The summed E-state index contributed by atoms with van der Waals surface area (Å²) in [5, 5.41) is 0. The first-order valence-electron chi connectivity index (χ1n) is 7.80. The fourth-order valence-electron chi connectivity index (χ4n) is 2.85. The minimum atomic E-state index is -0.541. The Morgan fingerprint density at radius 1 is 1.27 bits per heavy atom. The maximum Gasteiger partial charge on any atom is 0.242 e. The van der Waals surface area contributed by atoms with E-state index in [1.807, 2.05) is 4.90 Å². The molecule has 1 aromatic carbocycles. The maximum absolute atomic E-state index is 12.2. The fourth-order valence-corrected chi connectivity index (χ4v) is 2.85. The van der Waals surface area contributed by atoms with E-state index in [0.29, 0.717) is 0 Å². The van der Waals surface area contributed by atoms with Crippen molar-refractivity contribution in [3.63, 3.8) is 0 Å². The van der Waals surface area contributed by atoms with E-state index in [1.165, 1.54) is 5.56 Å². The molecule has 0 bridgehead atoms. The van der Waals surface area contributed by atoms with E-state index in [4.69, 9.17) is 10.5 Å². The van der Waals surface area contributed by atoms with Gasteiger partial charge in [-0.05, 0) is 43.9 Å². The summed E-state index contributed by atoms with van der Waals surface area (Å²) in [6, 6.07) is 6.28. The molecule has 4 nitrogen and oxygen atoms in total. The number of aryl methyl sites for hydroxylation is 2. The fraction of sp³-hybridized carbons (Fsp3) is 0.588. The first-order chi connectivity index (χ1) is 9.98.